The minimum absolute atomic E-state index is 0.134. The maximum atomic E-state index is 6.52. The van der Waals surface area contributed by atoms with Gasteiger partial charge >= 0.3 is 0 Å². The van der Waals surface area contributed by atoms with Gasteiger partial charge in [-0.1, -0.05) is 12.1 Å². The van der Waals surface area contributed by atoms with Gasteiger partial charge in [-0.05, 0) is 50.3 Å². The summed E-state index contributed by atoms with van der Waals surface area (Å²) in [5, 5.41) is 5.64. The maximum absolute atomic E-state index is 6.52. The monoisotopic (exact) mass is 401 g/mol. The van der Waals surface area contributed by atoms with E-state index in [1.807, 2.05) is 0 Å². The highest BCUT2D eigenvalue weighted by Gasteiger charge is 2.43. The van der Waals surface area contributed by atoms with Crippen LogP contribution in [0.4, 0.5) is 0 Å². The summed E-state index contributed by atoms with van der Waals surface area (Å²) in [6, 6.07) is 11.0. The van der Waals surface area contributed by atoms with Crippen molar-refractivity contribution in [3.8, 4) is 10.6 Å². The first-order valence-corrected chi connectivity index (χ1v) is 11.2. The lowest BCUT2D eigenvalue weighted by Gasteiger charge is -2.34. The van der Waals surface area contributed by atoms with Crippen LogP contribution in [0.1, 0.15) is 32.4 Å². The summed E-state index contributed by atoms with van der Waals surface area (Å²) >= 11 is 1.73. The summed E-state index contributed by atoms with van der Waals surface area (Å²) < 4.78 is 12.4. The summed E-state index contributed by atoms with van der Waals surface area (Å²) in [7, 11) is 0. The molecule has 2 atom stereocenters. The number of hydrogen-bond donors (Lipinski definition) is 1. The number of nitrogens with zero attached hydrogens (tertiary/aromatic N) is 2. The molecule has 0 saturated carbocycles. The van der Waals surface area contributed by atoms with Gasteiger partial charge in [0, 0.05) is 32.2 Å². The van der Waals surface area contributed by atoms with Gasteiger partial charge in [0.25, 0.3) is 0 Å². The van der Waals surface area contributed by atoms with Crippen LogP contribution in [0.2, 0.25) is 0 Å². The zero-order chi connectivity index (χ0) is 19.4. The van der Waals surface area contributed by atoms with E-state index in [4.69, 9.17) is 14.5 Å². The van der Waals surface area contributed by atoms with E-state index < -0.39 is 0 Å². The Morgan fingerprint density at radius 1 is 1.32 bits per heavy atom. The van der Waals surface area contributed by atoms with Crippen LogP contribution in [0.15, 0.2) is 35.7 Å². The molecule has 0 amide bonds. The van der Waals surface area contributed by atoms with Crippen LogP contribution in [-0.2, 0) is 16.0 Å². The average Bonchev–Trinajstić information content (AvgIpc) is 3.30. The van der Waals surface area contributed by atoms with Crippen molar-refractivity contribution in [2.45, 2.75) is 51.0 Å². The Bertz CT molecular complexity index is 752. The first-order chi connectivity index (χ1) is 13.6. The number of ether oxygens (including phenoxy) is 2. The van der Waals surface area contributed by atoms with E-state index in [9.17, 15) is 0 Å². The van der Waals surface area contributed by atoms with E-state index in [-0.39, 0.29) is 11.7 Å². The molecule has 0 aromatic carbocycles. The predicted molar refractivity (Wildman–Crippen MR) is 114 cm³/mol. The Morgan fingerprint density at radius 3 is 3.07 bits per heavy atom. The molecule has 0 radical (unpaired) electrons. The van der Waals surface area contributed by atoms with Gasteiger partial charge in [0.05, 0.1) is 35.6 Å². The van der Waals surface area contributed by atoms with Crippen molar-refractivity contribution in [2.75, 3.05) is 32.8 Å². The molecule has 2 aliphatic heterocycles. The number of thiophene rings is 1. The molecule has 2 saturated heterocycles. The van der Waals surface area contributed by atoms with Crippen LogP contribution in [0.3, 0.4) is 0 Å². The zero-order valence-electron chi connectivity index (χ0n) is 16.9. The molecule has 2 aliphatic rings. The van der Waals surface area contributed by atoms with Crippen molar-refractivity contribution in [1.82, 2.24) is 15.2 Å². The lowest BCUT2D eigenvalue weighted by molar-refractivity contribution is -0.0866. The Hall–Kier alpha value is -1.31. The minimum Gasteiger partial charge on any atom is -0.377 e. The molecule has 1 spiro atoms. The second-order valence-corrected chi connectivity index (χ2v) is 9.15. The standard InChI is InChI=1S/C22H31N3O2S/c1-17(2)25-10-11-26-16-22(15-25)9-8-19(27-22)14-23-13-18-5-3-6-20(24-18)21-7-4-12-28-21/h3-7,12,17,19,23H,8-11,13-16H2,1-2H3/t19-,22-/m0/s1. The molecule has 28 heavy (non-hydrogen) atoms. The summed E-state index contributed by atoms with van der Waals surface area (Å²) in [6.45, 7) is 9.63. The van der Waals surface area contributed by atoms with Crippen LogP contribution in [0, 0.1) is 0 Å². The van der Waals surface area contributed by atoms with Gasteiger partial charge in [0.15, 0.2) is 0 Å². The third-order valence-corrected chi connectivity index (χ3v) is 6.60. The van der Waals surface area contributed by atoms with Crippen molar-refractivity contribution >= 4 is 11.3 Å². The molecule has 0 bridgehead atoms. The third-order valence-electron chi connectivity index (χ3n) is 5.71. The molecule has 5 nitrogen and oxygen atoms in total. The predicted octanol–water partition coefficient (Wildman–Crippen LogP) is 3.56. The second kappa shape index (κ2) is 9.01. The van der Waals surface area contributed by atoms with Crippen molar-refractivity contribution < 1.29 is 9.47 Å². The molecule has 2 aromatic rings. The van der Waals surface area contributed by atoms with E-state index >= 15 is 0 Å². The Balaban J connectivity index is 1.29. The fourth-order valence-corrected chi connectivity index (χ4v) is 4.83. The van der Waals surface area contributed by atoms with Crippen LogP contribution in [-0.4, -0.2) is 60.5 Å². The molecule has 0 unspecified atom stereocenters. The number of pyridine rings is 1. The van der Waals surface area contributed by atoms with Gasteiger partial charge in [-0.3, -0.25) is 9.88 Å². The molecule has 4 heterocycles. The smallest absolute Gasteiger partial charge is 0.105 e. The number of nitrogens with one attached hydrogen (secondary N) is 1. The van der Waals surface area contributed by atoms with E-state index in [2.05, 4.69) is 59.8 Å². The lowest BCUT2D eigenvalue weighted by Crippen LogP contribution is -2.47. The van der Waals surface area contributed by atoms with Gasteiger partial charge < -0.3 is 14.8 Å². The second-order valence-electron chi connectivity index (χ2n) is 8.20. The number of rotatable bonds is 6. The van der Waals surface area contributed by atoms with Crippen molar-refractivity contribution in [1.29, 1.82) is 0 Å². The average molecular weight is 402 g/mol. The zero-order valence-corrected chi connectivity index (χ0v) is 17.7. The number of hydrogen-bond acceptors (Lipinski definition) is 6. The van der Waals surface area contributed by atoms with E-state index in [1.165, 1.54) is 4.88 Å². The van der Waals surface area contributed by atoms with Crippen molar-refractivity contribution in [2.24, 2.45) is 0 Å². The molecule has 1 N–H and O–H groups in total. The maximum Gasteiger partial charge on any atom is 0.105 e. The normalized spacial score (nSPS) is 26.2. The first-order valence-electron chi connectivity index (χ1n) is 10.3. The molecular formula is C22H31N3O2S. The first kappa shape index (κ1) is 20.0. The van der Waals surface area contributed by atoms with Gasteiger partial charge in [0.2, 0.25) is 0 Å². The van der Waals surface area contributed by atoms with E-state index in [0.29, 0.717) is 6.04 Å². The van der Waals surface area contributed by atoms with Crippen LogP contribution in [0.5, 0.6) is 0 Å². The van der Waals surface area contributed by atoms with Gasteiger partial charge in [-0.2, -0.15) is 0 Å². The van der Waals surface area contributed by atoms with Gasteiger partial charge in [0.1, 0.15) is 5.60 Å². The highest BCUT2D eigenvalue weighted by molar-refractivity contribution is 7.13. The van der Waals surface area contributed by atoms with Gasteiger partial charge in [-0.15, -0.1) is 11.3 Å². The SMILES string of the molecule is CC(C)N1CCOC[C@]2(CC[C@@H](CNCc3cccc(-c4cccs4)n3)O2)C1. The Morgan fingerprint density at radius 2 is 2.25 bits per heavy atom. The summed E-state index contributed by atoms with van der Waals surface area (Å²) in [5.74, 6) is 0. The van der Waals surface area contributed by atoms with E-state index in [1.54, 1.807) is 11.3 Å². The molecule has 152 valence electrons. The largest absolute Gasteiger partial charge is 0.377 e. The number of aromatic nitrogens is 1. The lowest BCUT2D eigenvalue weighted by atomic mass is 9.99. The molecule has 6 heteroatoms. The quantitative estimate of drug-likeness (QED) is 0.802. The van der Waals surface area contributed by atoms with Crippen molar-refractivity contribution in [3.05, 3.63) is 41.4 Å². The van der Waals surface area contributed by atoms with Crippen molar-refractivity contribution in [3.63, 3.8) is 0 Å². The van der Waals surface area contributed by atoms with Crippen LogP contribution < -0.4 is 5.32 Å². The summed E-state index contributed by atoms with van der Waals surface area (Å²) in [4.78, 5) is 8.49. The fourth-order valence-electron chi connectivity index (χ4n) is 4.14. The molecular weight excluding hydrogens is 370 g/mol. The minimum atomic E-state index is -0.134. The summed E-state index contributed by atoms with van der Waals surface area (Å²) in [6.07, 6.45) is 2.41. The topological polar surface area (TPSA) is 46.6 Å². The third kappa shape index (κ3) is 4.81. The Labute approximate surface area is 172 Å². The fraction of sp³-hybridized carbons (Fsp3) is 0.591. The highest BCUT2D eigenvalue weighted by atomic mass is 32.1. The van der Waals surface area contributed by atoms with Crippen LogP contribution in [0.25, 0.3) is 10.6 Å². The van der Waals surface area contributed by atoms with Gasteiger partial charge in [-0.25, -0.2) is 0 Å². The van der Waals surface area contributed by atoms with E-state index in [0.717, 1.165) is 63.6 Å². The molecule has 4 rings (SSSR count). The molecule has 2 fully saturated rings. The Kier molecular flexibility index (Phi) is 6.43. The summed E-state index contributed by atoms with van der Waals surface area (Å²) in [5.41, 5.74) is 1.99. The van der Waals surface area contributed by atoms with Crippen LogP contribution >= 0.6 is 11.3 Å². The molecule has 0 aliphatic carbocycles. The highest BCUT2D eigenvalue weighted by Crippen LogP contribution is 2.33. The molecule has 2 aromatic heterocycles.